The Labute approximate surface area is 202 Å². The molecule has 0 spiro atoms. The lowest BCUT2D eigenvalue weighted by molar-refractivity contribution is -0.133. The zero-order valence-corrected chi connectivity index (χ0v) is 20.4. The first-order valence-electron chi connectivity index (χ1n) is 12.4. The smallest absolute Gasteiger partial charge is 0.404 e. The number of rotatable bonds is 17. The number of piperidine rings is 1. The van der Waals surface area contributed by atoms with Crippen molar-refractivity contribution in [3.05, 3.63) is 0 Å². The largest absolute Gasteiger partial charge is 0.449 e. The van der Waals surface area contributed by atoms with Gasteiger partial charge in [-0.15, -0.1) is 0 Å². The summed E-state index contributed by atoms with van der Waals surface area (Å²) in [4.78, 5) is 27.1. The number of carbonyl (C=O) groups is 2. The highest BCUT2D eigenvalue weighted by molar-refractivity contribution is 5.76. The molecule has 0 aromatic carbocycles. The predicted molar refractivity (Wildman–Crippen MR) is 126 cm³/mol. The molecule has 0 aliphatic carbocycles. The van der Waals surface area contributed by atoms with E-state index in [-0.39, 0.29) is 25.0 Å². The Morgan fingerprint density at radius 3 is 2.21 bits per heavy atom. The van der Waals surface area contributed by atoms with Crippen LogP contribution in [-0.4, -0.2) is 118 Å². The molecule has 0 radical (unpaired) electrons. The standard InChI is InChI=1S/C23H45N3O8/c1-2-3-4-5-10-25(14-18(28)21(31)22(32)19(29)15-27)11-6-7-20(30)26-12-8-17(9-13-26)16-34-23(24)33/h17-19,21-22,27-29,31-32H,2-16H2,1H3,(H2,24,33). The minimum absolute atomic E-state index is 0.0577. The van der Waals surface area contributed by atoms with Crippen molar-refractivity contribution in [2.24, 2.45) is 11.7 Å². The van der Waals surface area contributed by atoms with Crippen molar-refractivity contribution in [2.75, 3.05) is 45.9 Å². The summed E-state index contributed by atoms with van der Waals surface area (Å²) in [6.45, 7) is 4.22. The van der Waals surface area contributed by atoms with Gasteiger partial charge in [-0.25, -0.2) is 4.79 Å². The maximum Gasteiger partial charge on any atom is 0.404 e. The molecule has 1 aliphatic heterocycles. The van der Waals surface area contributed by atoms with Crippen LogP contribution in [-0.2, 0) is 9.53 Å². The van der Waals surface area contributed by atoms with Crippen molar-refractivity contribution in [3.63, 3.8) is 0 Å². The number of primary amides is 1. The summed E-state index contributed by atoms with van der Waals surface area (Å²) in [5, 5.41) is 48.8. The monoisotopic (exact) mass is 491 g/mol. The van der Waals surface area contributed by atoms with Gasteiger partial charge in [0.25, 0.3) is 0 Å². The van der Waals surface area contributed by atoms with Crippen LogP contribution in [0.2, 0.25) is 0 Å². The Morgan fingerprint density at radius 1 is 1.00 bits per heavy atom. The van der Waals surface area contributed by atoms with E-state index in [0.717, 1.165) is 38.5 Å². The highest BCUT2D eigenvalue weighted by Crippen LogP contribution is 2.19. The van der Waals surface area contributed by atoms with Gasteiger partial charge in [-0.05, 0) is 44.7 Å². The van der Waals surface area contributed by atoms with Crippen LogP contribution < -0.4 is 5.73 Å². The number of amides is 2. The quantitative estimate of drug-likeness (QED) is 0.145. The molecule has 1 fully saturated rings. The lowest BCUT2D eigenvalue weighted by atomic mass is 9.97. The Bertz CT molecular complexity index is 574. The summed E-state index contributed by atoms with van der Waals surface area (Å²) < 4.78 is 4.85. The maximum absolute atomic E-state index is 12.6. The van der Waals surface area contributed by atoms with Crippen LogP contribution >= 0.6 is 0 Å². The fraction of sp³-hybridized carbons (Fsp3) is 0.913. The van der Waals surface area contributed by atoms with Gasteiger partial charge in [0.05, 0.1) is 19.3 Å². The Morgan fingerprint density at radius 2 is 1.62 bits per heavy atom. The molecule has 1 saturated heterocycles. The maximum atomic E-state index is 12.6. The van der Waals surface area contributed by atoms with E-state index in [1.807, 2.05) is 9.80 Å². The normalized spacial score (nSPS) is 18.5. The van der Waals surface area contributed by atoms with E-state index in [1.54, 1.807) is 0 Å². The average Bonchev–Trinajstić information content (AvgIpc) is 2.83. The second kappa shape index (κ2) is 17.0. The summed E-state index contributed by atoms with van der Waals surface area (Å²) in [5.41, 5.74) is 5.00. The van der Waals surface area contributed by atoms with E-state index >= 15 is 0 Å². The Kier molecular flexibility index (Phi) is 15.3. The summed E-state index contributed by atoms with van der Waals surface area (Å²) in [5.74, 6) is 0.269. The molecular weight excluding hydrogens is 446 g/mol. The molecule has 7 N–H and O–H groups in total. The van der Waals surface area contributed by atoms with Crippen LogP contribution in [0.25, 0.3) is 0 Å². The molecule has 0 bridgehead atoms. The second-order valence-corrected chi connectivity index (χ2v) is 9.22. The number of hydrogen-bond donors (Lipinski definition) is 6. The van der Waals surface area contributed by atoms with Gasteiger partial charge in [-0.3, -0.25) is 4.79 Å². The van der Waals surface area contributed by atoms with Crippen molar-refractivity contribution in [1.82, 2.24) is 9.80 Å². The molecule has 4 unspecified atom stereocenters. The lowest BCUT2D eigenvalue weighted by Crippen LogP contribution is -2.50. The fourth-order valence-corrected chi connectivity index (χ4v) is 4.15. The van der Waals surface area contributed by atoms with Gasteiger partial charge in [0.1, 0.15) is 18.3 Å². The summed E-state index contributed by atoms with van der Waals surface area (Å²) in [7, 11) is 0. The van der Waals surface area contributed by atoms with E-state index < -0.39 is 37.1 Å². The van der Waals surface area contributed by atoms with Crippen molar-refractivity contribution in [2.45, 2.75) is 82.7 Å². The number of carbonyl (C=O) groups excluding carboxylic acids is 2. The van der Waals surface area contributed by atoms with E-state index in [9.17, 15) is 30.0 Å². The molecule has 0 aromatic heterocycles. The zero-order valence-electron chi connectivity index (χ0n) is 20.4. The predicted octanol–water partition coefficient (Wildman–Crippen LogP) is -0.581. The van der Waals surface area contributed by atoms with Gasteiger partial charge in [-0.1, -0.05) is 26.2 Å². The molecule has 4 atom stereocenters. The van der Waals surface area contributed by atoms with Crippen molar-refractivity contribution >= 4 is 12.0 Å². The number of nitrogens with two attached hydrogens (primary N) is 1. The van der Waals surface area contributed by atoms with Gasteiger partial charge >= 0.3 is 6.09 Å². The molecule has 2 amide bonds. The Balaban J connectivity index is 2.48. The van der Waals surface area contributed by atoms with Gasteiger partial charge in [0.2, 0.25) is 5.91 Å². The van der Waals surface area contributed by atoms with E-state index in [2.05, 4.69) is 6.92 Å². The number of aliphatic hydroxyl groups excluding tert-OH is 5. The van der Waals surface area contributed by atoms with Gasteiger partial charge < -0.3 is 45.8 Å². The first-order valence-corrected chi connectivity index (χ1v) is 12.4. The van der Waals surface area contributed by atoms with Gasteiger partial charge in [0.15, 0.2) is 0 Å². The van der Waals surface area contributed by atoms with Crippen molar-refractivity contribution < 1.29 is 39.9 Å². The van der Waals surface area contributed by atoms with Gasteiger partial charge in [-0.2, -0.15) is 0 Å². The number of unbranched alkanes of at least 4 members (excludes halogenated alkanes) is 3. The van der Waals surface area contributed by atoms with Crippen molar-refractivity contribution in [3.8, 4) is 0 Å². The van der Waals surface area contributed by atoms with Gasteiger partial charge in [0, 0.05) is 26.1 Å². The highest BCUT2D eigenvalue weighted by Gasteiger charge is 2.31. The van der Waals surface area contributed by atoms with Crippen LogP contribution in [0.5, 0.6) is 0 Å². The molecular formula is C23H45N3O8. The molecule has 1 heterocycles. The summed E-state index contributed by atoms with van der Waals surface area (Å²) in [6.07, 6.45) is -0.282. The minimum atomic E-state index is -1.65. The van der Waals surface area contributed by atoms with Crippen LogP contribution in [0.3, 0.4) is 0 Å². The topological polar surface area (TPSA) is 177 Å². The third kappa shape index (κ3) is 11.8. The van der Waals surface area contributed by atoms with E-state index in [0.29, 0.717) is 39.0 Å². The molecule has 1 rings (SSSR count). The van der Waals surface area contributed by atoms with Crippen LogP contribution in [0.4, 0.5) is 4.79 Å². The molecule has 200 valence electrons. The summed E-state index contributed by atoms with van der Waals surface area (Å²) >= 11 is 0. The molecule has 0 saturated carbocycles. The molecule has 34 heavy (non-hydrogen) atoms. The molecule has 11 heteroatoms. The van der Waals surface area contributed by atoms with E-state index in [4.69, 9.17) is 15.6 Å². The molecule has 0 aromatic rings. The second-order valence-electron chi connectivity index (χ2n) is 9.22. The number of nitrogens with zero attached hydrogens (tertiary/aromatic N) is 2. The number of hydrogen-bond acceptors (Lipinski definition) is 9. The third-order valence-electron chi connectivity index (χ3n) is 6.39. The van der Waals surface area contributed by atoms with E-state index in [1.165, 1.54) is 0 Å². The minimum Gasteiger partial charge on any atom is -0.449 e. The number of ether oxygens (including phenoxy) is 1. The third-order valence-corrected chi connectivity index (χ3v) is 6.39. The zero-order chi connectivity index (χ0) is 25.5. The van der Waals surface area contributed by atoms with Crippen molar-refractivity contribution in [1.29, 1.82) is 0 Å². The SMILES string of the molecule is CCCCCCN(CCCC(=O)N1CCC(COC(N)=O)CC1)CC(O)C(O)C(O)C(O)CO. The van der Waals surface area contributed by atoms with Crippen LogP contribution in [0, 0.1) is 5.92 Å². The highest BCUT2D eigenvalue weighted by atomic mass is 16.5. The molecule has 1 aliphatic rings. The first kappa shape index (κ1) is 30.5. The first-order chi connectivity index (χ1) is 16.2. The Hall–Kier alpha value is -1.50. The summed E-state index contributed by atoms with van der Waals surface area (Å²) in [6, 6.07) is 0. The number of likely N-dealkylation sites (tertiary alicyclic amines) is 1. The molecule has 11 nitrogen and oxygen atoms in total. The lowest BCUT2D eigenvalue weighted by Gasteiger charge is -2.32. The van der Waals surface area contributed by atoms with Crippen LogP contribution in [0.1, 0.15) is 58.3 Å². The number of aliphatic hydroxyl groups is 5. The average molecular weight is 492 g/mol. The fourth-order valence-electron chi connectivity index (χ4n) is 4.15. The van der Waals surface area contributed by atoms with Crippen LogP contribution in [0.15, 0.2) is 0 Å².